The molecule has 1 saturated heterocycles. The maximum absolute atomic E-state index is 11.5. The molecule has 0 aromatic heterocycles. The van der Waals surface area contributed by atoms with E-state index in [-0.39, 0.29) is 26.7 Å². The van der Waals surface area contributed by atoms with Gasteiger partial charge in [-0.15, -0.1) is 0 Å². The SMILES string of the molecule is C.C.CC1C(C)C2CC1C1COC(=O)C21. The molecule has 3 fully saturated rings. The Labute approximate surface area is 93.4 Å². The van der Waals surface area contributed by atoms with Gasteiger partial charge in [0.15, 0.2) is 0 Å². The highest BCUT2D eigenvalue weighted by Crippen LogP contribution is 2.60. The number of cyclic esters (lactones) is 1. The van der Waals surface area contributed by atoms with Crippen LogP contribution in [0.1, 0.15) is 35.1 Å². The van der Waals surface area contributed by atoms with Crippen LogP contribution >= 0.6 is 0 Å². The number of ether oxygens (including phenoxy) is 1. The van der Waals surface area contributed by atoms with Crippen molar-refractivity contribution in [1.29, 1.82) is 0 Å². The first kappa shape index (κ1) is 12.5. The molecule has 0 amide bonds. The van der Waals surface area contributed by atoms with Crippen molar-refractivity contribution in [3.05, 3.63) is 0 Å². The number of rotatable bonds is 0. The van der Waals surface area contributed by atoms with Crippen molar-refractivity contribution in [2.45, 2.75) is 35.1 Å². The first-order valence-corrected chi connectivity index (χ1v) is 5.37. The van der Waals surface area contributed by atoms with Crippen molar-refractivity contribution in [1.82, 2.24) is 0 Å². The second-order valence-electron chi connectivity index (χ2n) is 5.10. The lowest BCUT2D eigenvalue weighted by Gasteiger charge is -2.31. The summed E-state index contributed by atoms with van der Waals surface area (Å²) < 4.78 is 5.16. The normalized spacial score (nSPS) is 50.4. The summed E-state index contributed by atoms with van der Waals surface area (Å²) in [7, 11) is 0. The molecule has 88 valence electrons. The molecule has 0 N–H and O–H groups in total. The monoisotopic (exact) mass is 212 g/mol. The van der Waals surface area contributed by atoms with Crippen molar-refractivity contribution in [3.8, 4) is 0 Å². The van der Waals surface area contributed by atoms with E-state index in [9.17, 15) is 4.79 Å². The molecular formula is C13H24O2. The second-order valence-corrected chi connectivity index (χ2v) is 5.10. The highest BCUT2D eigenvalue weighted by Gasteiger charge is 2.60. The maximum Gasteiger partial charge on any atom is 0.309 e. The van der Waals surface area contributed by atoms with Gasteiger partial charge in [0.1, 0.15) is 0 Å². The zero-order valence-electron chi connectivity index (χ0n) is 8.19. The number of esters is 1. The summed E-state index contributed by atoms with van der Waals surface area (Å²) in [6, 6.07) is 0. The third-order valence-corrected chi connectivity index (χ3v) is 4.89. The third-order valence-electron chi connectivity index (χ3n) is 4.89. The second kappa shape index (κ2) is 3.80. The quantitative estimate of drug-likeness (QED) is 0.577. The minimum Gasteiger partial charge on any atom is -0.465 e. The molecule has 2 aliphatic carbocycles. The van der Waals surface area contributed by atoms with Gasteiger partial charge in [-0.1, -0.05) is 28.7 Å². The van der Waals surface area contributed by atoms with E-state index in [1.165, 1.54) is 6.42 Å². The van der Waals surface area contributed by atoms with Gasteiger partial charge in [-0.05, 0) is 30.1 Å². The van der Waals surface area contributed by atoms with Crippen LogP contribution in [-0.2, 0) is 9.53 Å². The van der Waals surface area contributed by atoms with E-state index in [0.717, 1.165) is 17.8 Å². The molecule has 1 aliphatic heterocycles. The van der Waals surface area contributed by atoms with Gasteiger partial charge in [-0.3, -0.25) is 4.79 Å². The number of hydrogen-bond donors (Lipinski definition) is 0. The maximum atomic E-state index is 11.5. The highest BCUT2D eigenvalue weighted by atomic mass is 16.5. The predicted molar refractivity (Wildman–Crippen MR) is 61.3 cm³/mol. The molecule has 2 heteroatoms. The molecular weight excluding hydrogens is 188 g/mol. The predicted octanol–water partition coefficient (Wildman–Crippen LogP) is 2.97. The summed E-state index contributed by atoms with van der Waals surface area (Å²) in [5.41, 5.74) is 0. The molecule has 2 nitrogen and oxygen atoms in total. The van der Waals surface area contributed by atoms with Gasteiger partial charge < -0.3 is 4.74 Å². The molecule has 0 aromatic rings. The van der Waals surface area contributed by atoms with Gasteiger partial charge >= 0.3 is 5.97 Å². The Morgan fingerprint density at radius 3 is 2.33 bits per heavy atom. The Kier molecular flexibility index (Phi) is 3.18. The fourth-order valence-electron chi connectivity index (χ4n) is 4.00. The highest BCUT2D eigenvalue weighted by molar-refractivity contribution is 5.76. The molecule has 2 saturated carbocycles. The molecule has 0 radical (unpaired) electrons. The molecule has 3 aliphatic rings. The fraction of sp³-hybridized carbons (Fsp3) is 0.923. The third kappa shape index (κ3) is 1.33. The summed E-state index contributed by atoms with van der Waals surface area (Å²) in [4.78, 5) is 11.5. The molecule has 3 rings (SSSR count). The van der Waals surface area contributed by atoms with Crippen LogP contribution < -0.4 is 0 Å². The Balaban J connectivity index is 0.000000562. The summed E-state index contributed by atoms with van der Waals surface area (Å²) >= 11 is 0. The molecule has 0 aromatic carbocycles. The first-order chi connectivity index (χ1) is 6.20. The summed E-state index contributed by atoms with van der Waals surface area (Å²) in [6.45, 7) is 5.35. The lowest BCUT2D eigenvalue weighted by atomic mass is 9.71. The van der Waals surface area contributed by atoms with Gasteiger partial charge in [0, 0.05) is 5.92 Å². The summed E-state index contributed by atoms with van der Waals surface area (Å²) in [6.07, 6.45) is 1.28. The van der Waals surface area contributed by atoms with Crippen LogP contribution in [0.3, 0.4) is 0 Å². The Morgan fingerprint density at radius 1 is 1.07 bits per heavy atom. The average molecular weight is 212 g/mol. The number of carbonyl (C=O) groups excluding carboxylic acids is 1. The smallest absolute Gasteiger partial charge is 0.309 e. The minimum absolute atomic E-state index is 0. The average Bonchev–Trinajstić information content (AvgIpc) is 2.70. The van der Waals surface area contributed by atoms with Gasteiger partial charge in [-0.2, -0.15) is 0 Å². The fourth-order valence-corrected chi connectivity index (χ4v) is 4.00. The largest absolute Gasteiger partial charge is 0.465 e. The molecule has 15 heavy (non-hydrogen) atoms. The van der Waals surface area contributed by atoms with Crippen molar-refractivity contribution < 1.29 is 9.53 Å². The van der Waals surface area contributed by atoms with E-state index in [1.54, 1.807) is 0 Å². The van der Waals surface area contributed by atoms with E-state index >= 15 is 0 Å². The van der Waals surface area contributed by atoms with E-state index in [4.69, 9.17) is 4.74 Å². The molecule has 0 spiro atoms. The van der Waals surface area contributed by atoms with Crippen LogP contribution in [0.25, 0.3) is 0 Å². The van der Waals surface area contributed by atoms with Gasteiger partial charge in [-0.25, -0.2) is 0 Å². The van der Waals surface area contributed by atoms with E-state index in [0.29, 0.717) is 18.4 Å². The summed E-state index contributed by atoms with van der Waals surface area (Å²) in [5, 5.41) is 0. The van der Waals surface area contributed by atoms with E-state index < -0.39 is 0 Å². The van der Waals surface area contributed by atoms with Crippen LogP contribution in [0.4, 0.5) is 0 Å². The standard InChI is InChI=1S/C11H16O2.2CH4/c1-5-6(2)8-3-7(5)9-4-13-11(12)10(8)9;;/h5-10H,3-4H2,1-2H3;2*1H4. The number of hydrogen-bond acceptors (Lipinski definition) is 2. The van der Waals surface area contributed by atoms with Crippen LogP contribution in [0.15, 0.2) is 0 Å². The van der Waals surface area contributed by atoms with Crippen molar-refractivity contribution in [2.75, 3.05) is 6.61 Å². The van der Waals surface area contributed by atoms with Crippen molar-refractivity contribution in [2.24, 2.45) is 35.5 Å². The lowest BCUT2D eigenvalue weighted by Crippen LogP contribution is -2.32. The van der Waals surface area contributed by atoms with Crippen LogP contribution in [0, 0.1) is 35.5 Å². The lowest BCUT2D eigenvalue weighted by molar-refractivity contribution is -0.143. The Bertz CT molecular complexity index is 261. The number of fused-ring (bicyclic) bond motifs is 5. The topological polar surface area (TPSA) is 26.3 Å². The zero-order chi connectivity index (χ0) is 9.16. The van der Waals surface area contributed by atoms with Gasteiger partial charge in [0.25, 0.3) is 0 Å². The first-order valence-electron chi connectivity index (χ1n) is 5.37. The van der Waals surface area contributed by atoms with Gasteiger partial charge in [0.05, 0.1) is 12.5 Å². The summed E-state index contributed by atoms with van der Waals surface area (Å²) in [5.74, 6) is 3.89. The molecule has 6 atom stereocenters. The van der Waals surface area contributed by atoms with Crippen molar-refractivity contribution in [3.63, 3.8) is 0 Å². The Morgan fingerprint density at radius 2 is 1.67 bits per heavy atom. The van der Waals surface area contributed by atoms with Crippen LogP contribution in [0.5, 0.6) is 0 Å². The molecule has 1 heterocycles. The van der Waals surface area contributed by atoms with Crippen molar-refractivity contribution >= 4 is 5.97 Å². The number of carbonyl (C=O) groups is 1. The van der Waals surface area contributed by atoms with Crippen LogP contribution in [0.2, 0.25) is 0 Å². The zero-order valence-corrected chi connectivity index (χ0v) is 8.19. The van der Waals surface area contributed by atoms with Crippen LogP contribution in [-0.4, -0.2) is 12.6 Å². The minimum atomic E-state index is 0. The Hall–Kier alpha value is -0.530. The molecule has 2 bridgehead atoms. The van der Waals surface area contributed by atoms with Gasteiger partial charge in [0.2, 0.25) is 0 Å². The molecule has 6 unspecified atom stereocenters. The van der Waals surface area contributed by atoms with E-state index in [2.05, 4.69) is 13.8 Å². The van der Waals surface area contributed by atoms with E-state index in [1.807, 2.05) is 0 Å².